The zero-order valence-corrected chi connectivity index (χ0v) is 20.5. The highest BCUT2D eigenvalue weighted by Gasteiger charge is 2.21. The Morgan fingerprint density at radius 3 is 2.52 bits per heavy atom. The van der Waals surface area contributed by atoms with Crippen LogP contribution in [0.3, 0.4) is 0 Å². The first-order valence-electron chi connectivity index (χ1n) is 12.0. The molecule has 0 saturated carbocycles. The van der Waals surface area contributed by atoms with Gasteiger partial charge in [0.15, 0.2) is 5.82 Å². The van der Waals surface area contributed by atoms with Crippen molar-refractivity contribution < 1.29 is 4.21 Å². The summed E-state index contributed by atoms with van der Waals surface area (Å²) in [7, 11) is 2.87. The second-order valence-electron chi connectivity index (χ2n) is 9.07. The monoisotopic (exact) mass is 466 g/mol. The summed E-state index contributed by atoms with van der Waals surface area (Å²) in [4.78, 5) is 5.91. The van der Waals surface area contributed by atoms with Crippen molar-refractivity contribution in [3.63, 3.8) is 0 Å². The molecule has 2 aliphatic heterocycles. The van der Waals surface area contributed by atoms with E-state index in [2.05, 4.69) is 60.9 Å². The number of hydrogen-bond acceptors (Lipinski definition) is 5. The number of aromatic nitrogens is 2. The van der Waals surface area contributed by atoms with Crippen molar-refractivity contribution in [3.8, 4) is 0 Å². The van der Waals surface area contributed by atoms with E-state index in [9.17, 15) is 4.21 Å². The average Bonchev–Trinajstić information content (AvgIpc) is 3.19. The van der Waals surface area contributed by atoms with Gasteiger partial charge in [0.05, 0.1) is 10.4 Å². The highest BCUT2D eigenvalue weighted by Crippen LogP contribution is 2.28. The molecule has 5 rings (SSSR count). The number of anilines is 2. The Morgan fingerprint density at radius 1 is 0.970 bits per heavy atom. The van der Waals surface area contributed by atoms with Crippen molar-refractivity contribution in [3.05, 3.63) is 48.0 Å². The molecule has 176 valence electrons. The van der Waals surface area contributed by atoms with E-state index in [1.165, 1.54) is 17.7 Å². The molecule has 2 saturated heterocycles. The number of rotatable bonds is 6. The zero-order chi connectivity index (χ0) is 22.8. The molecule has 0 spiro atoms. The predicted octanol–water partition coefficient (Wildman–Crippen LogP) is 3.45. The van der Waals surface area contributed by atoms with E-state index in [-0.39, 0.29) is 0 Å². The van der Waals surface area contributed by atoms with E-state index in [4.69, 9.17) is 0 Å². The van der Waals surface area contributed by atoms with Crippen molar-refractivity contribution in [2.24, 2.45) is 7.05 Å². The Hall–Kier alpha value is -2.42. The number of fused-ring (bicyclic) bond motifs is 1. The molecule has 2 aliphatic rings. The molecule has 7 nitrogen and oxygen atoms in total. The normalized spacial score (nSPS) is 19.2. The summed E-state index contributed by atoms with van der Waals surface area (Å²) in [5.41, 5.74) is 3.66. The maximum absolute atomic E-state index is 13.0. The molecule has 3 heterocycles. The molecule has 33 heavy (non-hydrogen) atoms. The molecule has 1 unspecified atom stereocenters. The number of piperidine rings is 1. The van der Waals surface area contributed by atoms with Crippen LogP contribution < -0.4 is 10.2 Å². The third-order valence-corrected chi connectivity index (χ3v) is 8.36. The molecule has 3 aromatic rings. The average molecular weight is 467 g/mol. The Bertz CT molecular complexity index is 1130. The van der Waals surface area contributed by atoms with Crippen LogP contribution >= 0.6 is 0 Å². The molecule has 0 radical (unpaired) electrons. The molecular weight excluding hydrogens is 432 g/mol. The lowest BCUT2D eigenvalue weighted by Crippen LogP contribution is -2.46. The van der Waals surface area contributed by atoms with Crippen molar-refractivity contribution in [1.82, 2.24) is 19.0 Å². The van der Waals surface area contributed by atoms with E-state index in [1.807, 2.05) is 24.8 Å². The molecule has 8 heteroatoms. The second-order valence-corrected chi connectivity index (χ2v) is 10.6. The van der Waals surface area contributed by atoms with Crippen LogP contribution in [0.25, 0.3) is 10.9 Å². The standard InChI is InChI=1S/C25H34N6OS/c1-26-25-23-10-9-21(18-24(23)28(2)27-25)30-15-13-29(14-16-30)19-20-7-6-8-22(17-20)33(32)31-11-4-3-5-12-31/h6-10,17-18H,3-5,11-16,19H2,1-2H3,(H,26,27). The fourth-order valence-electron chi connectivity index (χ4n) is 4.98. The predicted molar refractivity (Wildman–Crippen MR) is 136 cm³/mol. The van der Waals surface area contributed by atoms with Gasteiger partial charge in [-0.15, -0.1) is 0 Å². The molecule has 0 aliphatic carbocycles. The second kappa shape index (κ2) is 9.83. The summed E-state index contributed by atoms with van der Waals surface area (Å²) in [5.74, 6) is 0.923. The lowest BCUT2D eigenvalue weighted by Gasteiger charge is -2.36. The van der Waals surface area contributed by atoms with Gasteiger partial charge >= 0.3 is 0 Å². The first kappa shape index (κ1) is 22.4. The highest BCUT2D eigenvalue weighted by molar-refractivity contribution is 7.82. The Kier molecular flexibility index (Phi) is 6.66. The molecule has 1 aromatic heterocycles. The number of nitrogens with one attached hydrogen (secondary N) is 1. The third kappa shape index (κ3) is 4.78. The molecule has 2 aromatic carbocycles. The van der Waals surface area contributed by atoms with E-state index < -0.39 is 11.0 Å². The Morgan fingerprint density at radius 2 is 1.76 bits per heavy atom. The van der Waals surface area contributed by atoms with Gasteiger partial charge in [0, 0.05) is 71.0 Å². The number of piperazine rings is 1. The summed E-state index contributed by atoms with van der Waals surface area (Å²) < 4.78 is 17.1. The number of hydrogen-bond donors (Lipinski definition) is 1. The Balaban J connectivity index is 1.21. The summed E-state index contributed by atoms with van der Waals surface area (Å²) in [6.45, 7) is 6.84. The minimum absolute atomic E-state index is 0.908. The van der Waals surface area contributed by atoms with E-state index in [1.54, 1.807) is 0 Å². The fraction of sp³-hybridized carbons (Fsp3) is 0.480. The number of aryl methyl sites for hydroxylation is 1. The van der Waals surface area contributed by atoms with Gasteiger partial charge in [0.25, 0.3) is 0 Å². The van der Waals surface area contributed by atoms with Crippen molar-refractivity contribution in [1.29, 1.82) is 0 Å². The maximum Gasteiger partial charge on any atom is 0.155 e. The van der Waals surface area contributed by atoms with Crippen LogP contribution in [-0.4, -0.2) is 69.5 Å². The molecule has 1 N–H and O–H groups in total. The minimum atomic E-state index is -1.04. The van der Waals surface area contributed by atoms with Gasteiger partial charge in [-0.2, -0.15) is 5.10 Å². The van der Waals surface area contributed by atoms with E-state index in [0.717, 1.165) is 80.3 Å². The zero-order valence-electron chi connectivity index (χ0n) is 19.7. The highest BCUT2D eigenvalue weighted by atomic mass is 32.2. The number of benzene rings is 2. The lowest BCUT2D eigenvalue weighted by molar-refractivity contribution is 0.249. The Labute approximate surface area is 198 Å². The molecule has 0 amide bonds. The first-order chi connectivity index (χ1) is 16.1. The third-order valence-electron chi connectivity index (χ3n) is 6.87. The summed E-state index contributed by atoms with van der Waals surface area (Å²) in [6, 6.07) is 15.0. The maximum atomic E-state index is 13.0. The van der Waals surface area contributed by atoms with Gasteiger partial charge in [-0.3, -0.25) is 9.58 Å². The van der Waals surface area contributed by atoms with Gasteiger partial charge in [-0.05, 0) is 48.7 Å². The van der Waals surface area contributed by atoms with Crippen LogP contribution in [0.2, 0.25) is 0 Å². The lowest BCUT2D eigenvalue weighted by atomic mass is 10.1. The van der Waals surface area contributed by atoms with Crippen molar-refractivity contribution >= 4 is 33.4 Å². The van der Waals surface area contributed by atoms with E-state index in [0.29, 0.717) is 0 Å². The molecule has 1 atom stereocenters. The van der Waals surface area contributed by atoms with Crippen LogP contribution in [0.4, 0.5) is 11.5 Å². The number of nitrogens with zero attached hydrogens (tertiary/aromatic N) is 5. The van der Waals surface area contributed by atoms with Crippen LogP contribution in [-0.2, 0) is 24.6 Å². The topological polar surface area (TPSA) is 56.6 Å². The van der Waals surface area contributed by atoms with Gasteiger partial charge in [0.1, 0.15) is 11.0 Å². The van der Waals surface area contributed by atoms with Crippen LogP contribution in [0.15, 0.2) is 47.4 Å². The van der Waals surface area contributed by atoms with Crippen LogP contribution in [0, 0.1) is 0 Å². The fourth-order valence-corrected chi connectivity index (χ4v) is 6.32. The SMILES string of the molecule is CNc1nn(C)c2cc(N3CCN(Cc4cccc(S(=O)N5CCCCC5)c4)CC3)ccc12. The van der Waals surface area contributed by atoms with E-state index >= 15 is 0 Å². The van der Waals surface area contributed by atoms with Gasteiger partial charge in [-0.25, -0.2) is 8.51 Å². The summed E-state index contributed by atoms with van der Waals surface area (Å²) >= 11 is 0. The summed E-state index contributed by atoms with van der Waals surface area (Å²) in [5, 5.41) is 8.89. The molecule has 2 fully saturated rings. The summed E-state index contributed by atoms with van der Waals surface area (Å²) in [6.07, 6.45) is 3.56. The van der Waals surface area contributed by atoms with Crippen molar-refractivity contribution in [2.75, 3.05) is 56.5 Å². The van der Waals surface area contributed by atoms with Crippen molar-refractivity contribution in [2.45, 2.75) is 30.7 Å². The van der Waals surface area contributed by atoms with Gasteiger partial charge < -0.3 is 10.2 Å². The molecular formula is C25H34N6OS. The minimum Gasteiger partial charge on any atom is -0.371 e. The molecule has 0 bridgehead atoms. The largest absolute Gasteiger partial charge is 0.371 e. The van der Waals surface area contributed by atoms with Crippen LogP contribution in [0.5, 0.6) is 0 Å². The quantitative estimate of drug-likeness (QED) is 0.603. The van der Waals surface area contributed by atoms with Crippen LogP contribution in [0.1, 0.15) is 24.8 Å². The smallest absolute Gasteiger partial charge is 0.155 e. The first-order valence-corrected chi connectivity index (χ1v) is 13.1. The van der Waals surface area contributed by atoms with Gasteiger partial charge in [-0.1, -0.05) is 18.6 Å². The van der Waals surface area contributed by atoms with Gasteiger partial charge in [0.2, 0.25) is 0 Å².